The van der Waals surface area contributed by atoms with Crippen LogP contribution in [-0.4, -0.2) is 60.1 Å². The van der Waals surface area contributed by atoms with E-state index >= 15 is 0 Å². The fraction of sp³-hybridized carbons (Fsp3) is 0.467. The van der Waals surface area contributed by atoms with Crippen molar-refractivity contribution in [3.63, 3.8) is 0 Å². The predicted octanol–water partition coefficient (Wildman–Crippen LogP) is 1.19. The number of carboxylic acid groups (broad SMARTS) is 1. The molecule has 0 fully saturated rings. The van der Waals surface area contributed by atoms with Gasteiger partial charge in [0, 0.05) is 19.7 Å². The second kappa shape index (κ2) is 8.31. The predicted molar refractivity (Wildman–Crippen MR) is 93.7 cm³/mol. The van der Waals surface area contributed by atoms with Crippen LogP contribution in [-0.2, 0) is 19.6 Å². The fourth-order valence-corrected chi connectivity index (χ4v) is 3.32. The Morgan fingerprint density at radius 3 is 2.37 bits per heavy atom. The summed E-state index contributed by atoms with van der Waals surface area (Å²) in [6, 6.07) is 3.06. The number of amides is 1. The minimum Gasteiger partial charge on any atom is -0.480 e. The molecule has 0 unspecified atom stereocenters. The number of carboxylic acids is 1. The van der Waals surface area contributed by atoms with Gasteiger partial charge in [-0.25, -0.2) is 18.0 Å². The maximum atomic E-state index is 12.6. The molecule has 0 aliphatic rings. The quantitative estimate of drug-likeness (QED) is 0.508. The average Bonchev–Trinajstić information content (AvgIpc) is 2.52. The van der Waals surface area contributed by atoms with Gasteiger partial charge in [-0.3, -0.25) is 10.1 Å². The zero-order valence-electron chi connectivity index (χ0n) is 15.2. The lowest BCUT2D eigenvalue weighted by atomic mass is 10.2. The maximum absolute atomic E-state index is 12.6. The Labute approximate surface area is 156 Å². The molecule has 12 heteroatoms. The number of nitrogens with one attached hydrogen (secondary N) is 1. The summed E-state index contributed by atoms with van der Waals surface area (Å²) >= 11 is 0. The summed E-state index contributed by atoms with van der Waals surface area (Å²) in [6.45, 7) is 4.07. The van der Waals surface area contributed by atoms with Crippen molar-refractivity contribution < 1.29 is 32.8 Å². The van der Waals surface area contributed by atoms with Crippen molar-refractivity contribution in [2.24, 2.45) is 0 Å². The highest BCUT2D eigenvalue weighted by atomic mass is 32.2. The summed E-state index contributed by atoms with van der Waals surface area (Å²) in [7, 11) is -3.32. The minimum atomic E-state index is -4.38. The molecule has 27 heavy (non-hydrogen) atoms. The van der Waals surface area contributed by atoms with E-state index in [1.165, 1.54) is 12.1 Å². The Morgan fingerprint density at radius 2 is 1.89 bits per heavy atom. The smallest absolute Gasteiger partial charge is 0.408 e. The van der Waals surface area contributed by atoms with Crippen molar-refractivity contribution >= 4 is 27.8 Å². The van der Waals surface area contributed by atoms with E-state index in [9.17, 15) is 33.2 Å². The highest BCUT2D eigenvalue weighted by Crippen LogP contribution is 2.25. The Morgan fingerprint density at radius 1 is 1.33 bits per heavy atom. The van der Waals surface area contributed by atoms with Crippen molar-refractivity contribution in [1.29, 1.82) is 0 Å². The number of hydrogen-bond acceptors (Lipinski definition) is 7. The molecule has 0 radical (unpaired) electrons. The number of nitro groups is 1. The molecule has 0 bridgehead atoms. The third-order valence-corrected chi connectivity index (χ3v) is 5.05. The number of sulfonamides is 1. The summed E-state index contributed by atoms with van der Waals surface area (Å²) in [5.41, 5.74) is -1.52. The highest BCUT2D eigenvalue weighted by molar-refractivity contribution is 7.89. The molecule has 1 atom stereocenters. The number of hydrogen-bond donors (Lipinski definition) is 2. The number of nitro benzene ring substituents is 1. The molecule has 1 aromatic rings. The van der Waals surface area contributed by atoms with Crippen LogP contribution in [0.2, 0.25) is 0 Å². The van der Waals surface area contributed by atoms with Crippen molar-refractivity contribution in [1.82, 2.24) is 9.62 Å². The van der Waals surface area contributed by atoms with Gasteiger partial charge < -0.3 is 15.2 Å². The second-order valence-corrected chi connectivity index (χ2v) is 8.56. The van der Waals surface area contributed by atoms with Gasteiger partial charge in [-0.2, -0.15) is 4.31 Å². The number of rotatable bonds is 7. The van der Waals surface area contributed by atoms with E-state index in [4.69, 9.17) is 4.74 Å². The van der Waals surface area contributed by atoms with Crippen LogP contribution in [0.1, 0.15) is 20.8 Å². The van der Waals surface area contributed by atoms with Crippen LogP contribution in [0.5, 0.6) is 0 Å². The van der Waals surface area contributed by atoms with Gasteiger partial charge in [0.2, 0.25) is 10.0 Å². The van der Waals surface area contributed by atoms with Gasteiger partial charge in [-0.05, 0) is 26.8 Å². The number of carbonyl (C=O) groups is 2. The normalized spacial score (nSPS) is 13.1. The zero-order valence-corrected chi connectivity index (χ0v) is 16.0. The fourth-order valence-electron chi connectivity index (χ4n) is 1.98. The lowest BCUT2D eigenvalue weighted by Gasteiger charge is -2.24. The van der Waals surface area contributed by atoms with Gasteiger partial charge in [-0.15, -0.1) is 0 Å². The Bertz CT molecular complexity index is 832. The number of para-hydroxylation sites is 1. The Balaban J connectivity index is 3.05. The lowest BCUT2D eigenvalue weighted by Crippen LogP contribution is -2.50. The molecular formula is C15H21N3O8S. The van der Waals surface area contributed by atoms with E-state index < -0.39 is 55.8 Å². The van der Waals surface area contributed by atoms with E-state index in [0.29, 0.717) is 4.31 Å². The van der Waals surface area contributed by atoms with Crippen molar-refractivity contribution in [3.8, 4) is 0 Å². The number of nitrogens with zero attached hydrogens (tertiary/aromatic N) is 2. The first-order valence-electron chi connectivity index (χ1n) is 7.68. The molecule has 150 valence electrons. The second-order valence-electron chi connectivity index (χ2n) is 6.55. The number of aliphatic carboxylic acids is 1. The highest BCUT2D eigenvalue weighted by Gasteiger charge is 2.33. The van der Waals surface area contributed by atoms with E-state index in [-0.39, 0.29) is 0 Å². The van der Waals surface area contributed by atoms with Crippen LogP contribution in [0.25, 0.3) is 0 Å². The number of ether oxygens (including phenoxy) is 1. The number of benzene rings is 1. The number of likely N-dealkylation sites (N-methyl/N-ethyl adjacent to an activating group) is 1. The standard InChI is InChI=1S/C15H21N3O8S/c1-15(2,3)26-14(21)16-10(13(19)20)9-17(4)27(24,25)12-8-6-5-7-11(12)18(22)23/h5-8,10H,9H2,1-4H3,(H,16,21)(H,19,20)/t10-/m0/s1. The molecule has 0 aliphatic carbocycles. The summed E-state index contributed by atoms with van der Waals surface area (Å²) in [5, 5.41) is 22.4. The van der Waals surface area contributed by atoms with Crippen LogP contribution in [0.3, 0.4) is 0 Å². The van der Waals surface area contributed by atoms with Gasteiger partial charge in [-0.1, -0.05) is 12.1 Å². The molecule has 0 saturated carbocycles. The first-order valence-corrected chi connectivity index (χ1v) is 9.12. The lowest BCUT2D eigenvalue weighted by molar-refractivity contribution is -0.387. The van der Waals surface area contributed by atoms with E-state index in [1.807, 2.05) is 0 Å². The van der Waals surface area contributed by atoms with Crippen LogP contribution in [0.15, 0.2) is 29.2 Å². The summed E-state index contributed by atoms with van der Waals surface area (Å²) in [4.78, 5) is 32.8. The number of carbonyl (C=O) groups excluding carboxylic acids is 1. The molecule has 0 saturated heterocycles. The molecule has 2 N–H and O–H groups in total. The van der Waals surface area contributed by atoms with E-state index in [0.717, 1.165) is 19.2 Å². The third-order valence-electron chi connectivity index (χ3n) is 3.18. The van der Waals surface area contributed by atoms with Crippen LogP contribution >= 0.6 is 0 Å². The molecule has 0 spiro atoms. The Kier molecular flexibility index (Phi) is 6.87. The van der Waals surface area contributed by atoms with Crippen LogP contribution in [0, 0.1) is 10.1 Å². The minimum absolute atomic E-state index is 0.584. The molecule has 11 nitrogen and oxygen atoms in total. The SMILES string of the molecule is CN(C[C@H](NC(=O)OC(C)(C)C)C(=O)O)S(=O)(=O)c1ccccc1[N+](=O)[O-]. The van der Waals surface area contributed by atoms with E-state index in [2.05, 4.69) is 5.32 Å². The topological polar surface area (TPSA) is 156 Å². The molecule has 0 aromatic heterocycles. The Hall–Kier alpha value is -2.73. The van der Waals surface area contributed by atoms with E-state index in [1.54, 1.807) is 20.8 Å². The largest absolute Gasteiger partial charge is 0.480 e. The van der Waals surface area contributed by atoms with Gasteiger partial charge in [0.05, 0.1) is 4.92 Å². The maximum Gasteiger partial charge on any atom is 0.408 e. The first-order chi connectivity index (χ1) is 12.3. The first kappa shape index (κ1) is 22.3. The molecule has 1 rings (SSSR count). The van der Waals surface area contributed by atoms with Gasteiger partial charge in [0.1, 0.15) is 11.6 Å². The summed E-state index contributed by atoms with van der Waals surface area (Å²) in [6.07, 6.45) is -1.04. The summed E-state index contributed by atoms with van der Waals surface area (Å²) in [5.74, 6) is -1.49. The van der Waals surface area contributed by atoms with Crippen LogP contribution < -0.4 is 5.32 Å². The van der Waals surface area contributed by atoms with Gasteiger partial charge in [0.15, 0.2) is 4.90 Å². The van der Waals surface area contributed by atoms with Crippen LogP contribution in [0.4, 0.5) is 10.5 Å². The average molecular weight is 403 g/mol. The molecule has 1 aromatic carbocycles. The van der Waals surface area contributed by atoms with Gasteiger partial charge >= 0.3 is 12.1 Å². The third kappa shape index (κ3) is 6.18. The number of alkyl carbamates (subject to hydrolysis) is 1. The molecule has 1 amide bonds. The summed E-state index contributed by atoms with van der Waals surface area (Å²) < 4.78 is 30.8. The zero-order chi connectivity index (χ0) is 21.0. The van der Waals surface area contributed by atoms with Crippen molar-refractivity contribution in [2.75, 3.05) is 13.6 Å². The van der Waals surface area contributed by atoms with Crippen molar-refractivity contribution in [3.05, 3.63) is 34.4 Å². The molecular weight excluding hydrogens is 382 g/mol. The molecule has 0 aliphatic heterocycles. The van der Waals surface area contributed by atoms with Crippen molar-refractivity contribution in [2.45, 2.75) is 37.3 Å². The monoisotopic (exact) mass is 403 g/mol. The van der Waals surface area contributed by atoms with Gasteiger partial charge in [0.25, 0.3) is 5.69 Å². The molecule has 0 heterocycles.